The highest BCUT2D eigenvalue weighted by molar-refractivity contribution is 5.76. The van der Waals surface area contributed by atoms with Gasteiger partial charge in [-0.1, -0.05) is 123 Å². The van der Waals surface area contributed by atoms with E-state index >= 15 is 0 Å². The second-order valence-corrected chi connectivity index (χ2v) is 17.8. The zero-order valence-electron chi connectivity index (χ0n) is 43.6. The minimum atomic E-state index is -0.327. The third-order valence-electron chi connectivity index (χ3n) is 11.9. The number of carbonyl (C=O) groups excluding carboxylic acids is 4. The summed E-state index contributed by atoms with van der Waals surface area (Å²) >= 11 is 0. The molecule has 0 aliphatic rings. The quantitative estimate of drug-likeness (QED) is 0.0351. The lowest BCUT2D eigenvalue weighted by molar-refractivity contribution is -0.121. The summed E-state index contributed by atoms with van der Waals surface area (Å²) in [5.74, 6) is 0.0633. The molecular formula is C59H81N7O6. The molecule has 4 aromatic carbocycles. The number of rotatable bonds is 29. The number of amides is 4. The van der Waals surface area contributed by atoms with Crippen molar-refractivity contribution in [3.05, 3.63) is 154 Å². The topological polar surface area (TPSA) is 191 Å². The lowest BCUT2D eigenvalue weighted by Crippen LogP contribution is -2.35. The van der Waals surface area contributed by atoms with Crippen molar-refractivity contribution in [2.75, 3.05) is 45.8 Å². The van der Waals surface area contributed by atoms with Gasteiger partial charge in [0, 0.05) is 64.6 Å². The van der Waals surface area contributed by atoms with Crippen LogP contribution in [0.4, 0.5) is 9.59 Å². The molecule has 0 unspecified atom stereocenters. The second-order valence-electron chi connectivity index (χ2n) is 17.8. The molecule has 13 heteroatoms. The van der Waals surface area contributed by atoms with E-state index < -0.39 is 0 Å². The number of nitrogens with two attached hydrogens (primary N) is 1. The van der Waals surface area contributed by atoms with Crippen LogP contribution >= 0.6 is 0 Å². The second kappa shape index (κ2) is 38.8. The minimum absolute atomic E-state index is 0.0313. The first-order valence-electron chi connectivity index (χ1n) is 25.5. The molecule has 0 atom stereocenters. The van der Waals surface area contributed by atoms with Gasteiger partial charge in [-0.2, -0.15) is 10.5 Å². The van der Waals surface area contributed by atoms with Gasteiger partial charge < -0.3 is 35.6 Å². The predicted molar refractivity (Wildman–Crippen MR) is 288 cm³/mol. The zero-order chi connectivity index (χ0) is 52.6. The van der Waals surface area contributed by atoms with Crippen molar-refractivity contribution in [1.82, 2.24) is 20.4 Å². The summed E-state index contributed by atoms with van der Waals surface area (Å²) in [6.07, 6.45) is 11.5. The van der Waals surface area contributed by atoms with E-state index in [1.54, 1.807) is 15.9 Å². The van der Waals surface area contributed by atoms with Gasteiger partial charge in [-0.15, -0.1) is 0 Å². The summed E-state index contributed by atoms with van der Waals surface area (Å²) in [6, 6.07) is 35.8. The summed E-state index contributed by atoms with van der Waals surface area (Å²) < 4.78 is 11.0. The minimum Gasteiger partial charge on any atom is -0.445 e. The number of hydrogen-bond donors (Lipinski definition) is 3. The van der Waals surface area contributed by atoms with Crippen molar-refractivity contribution in [2.45, 2.75) is 131 Å². The van der Waals surface area contributed by atoms with Crippen molar-refractivity contribution in [3.8, 4) is 12.1 Å². The van der Waals surface area contributed by atoms with E-state index in [9.17, 15) is 19.2 Å². The highest BCUT2D eigenvalue weighted by atomic mass is 16.6. The number of allylic oxidation sites excluding steroid dienone is 1. The maximum absolute atomic E-state index is 12.7. The van der Waals surface area contributed by atoms with Crippen LogP contribution in [0.15, 0.2) is 110 Å². The summed E-state index contributed by atoms with van der Waals surface area (Å²) in [5.41, 5.74) is 14.9. The molecule has 4 aromatic rings. The van der Waals surface area contributed by atoms with Gasteiger partial charge in [0.1, 0.15) is 13.2 Å². The van der Waals surface area contributed by atoms with E-state index in [4.69, 9.17) is 25.7 Å². The molecule has 0 aromatic heterocycles. The highest BCUT2D eigenvalue weighted by Crippen LogP contribution is 2.14. The van der Waals surface area contributed by atoms with Crippen LogP contribution < -0.4 is 16.4 Å². The average Bonchev–Trinajstić information content (AvgIpc) is 3.39. The van der Waals surface area contributed by atoms with Crippen molar-refractivity contribution in [1.29, 1.82) is 10.5 Å². The Morgan fingerprint density at radius 2 is 0.958 bits per heavy atom. The fourth-order valence-corrected chi connectivity index (χ4v) is 7.30. The Labute approximate surface area is 430 Å². The van der Waals surface area contributed by atoms with Gasteiger partial charge in [-0.25, -0.2) is 9.59 Å². The van der Waals surface area contributed by atoms with Gasteiger partial charge in [0.05, 0.1) is 12.1 Å². The van der Waals surface area contributed by atoms with Crippen LogP contribution in [0.25, 0.3) is 0 Å². The standard InChI is InChI=1S/C30H41N3O3.C26H37N3O3.C3H3N/c1-25-15-16-27(23-26(25)2)17-18-29(34)32-20-12-22-33(21-11-6-4-3-5-10-19-31)30(35)36-24-28-13-8-7-9-14-28;1-21-11-12-23(19-22(21)2)13-14-25(30)28-16-8-18-29(17-7-6-15-27)26(31)32-20-24-9-4-3-5-10-24;1-2-3-4/h7-9,13-16,23H,3-6,10-12,17-18,20-22,24H2,1-2H3,(H,32,34);3-5,9-12,19H,6-8,13-18,20,27H2,1-2H3,(H,28,30);2H,1H2. The van der Waals surface area contributed by atoms with Gasteiger partial charge in [-0.05, 0) is 130 Å². The summed E-state index contributed by atoms with van der Waals surface area (Å²) in [4.78, 5) is 53.2. The monoisotopic (exact) mass is 984 g/mol. The Balaban J connectivity index is 0.000000462. The molecule has 0 heterocycles. The van der Waals surface area contributed by atoms with Crippen molar-refractivity contribution in [2.24, 2.45) is 5.73 Å². The molecule has 0 spiro atoms. The van der Waals surface area contributed by atoms with Gasteiger partial charge in [0.25, 0.3) is 0 Å². The zero-order valence-corrected chi connectivity index (χ0v) is 43.6. The first-order chi connectivity index (χ1) is 34.9. The first kappa shape index (κ1) is 61.2. The molecule has 0 aliphatic carbocycles. The molecule has 0 saturated carbocycles. The Morgan fingerprint density at radius 3 is 1.36 bits per heavy atom. The smallest absolute Gasteiger partial charge is 0.410 e. The van der Waals surface area contributed by atoms with Crippen molar-refractivity contribution in [3.63, 3.8) is 0 Å². The van der Waals surface area contributed by atoms with Gasteiger partial charge in [-0.3, -0.25) is 9.59 Å². The van der Waals surface area contributed by atoms with Crippen LogP contribution in [0.5, 0.6) is 0 Å². The van der Waals surface area contributed by atoms with Gasteiger partial charge in [0.15, 0.2) is 0 Å². The Bertz CT molecular complexity index is 2260. The van der Waals surface area contributed by atoms with Crippen molar-refractivity contribution < 1.29 is 28.7 Å². The Kier molecular flexibility index (Phi) is 32.9. The van der Waals surface area contributed by atoms with Gasteiger partial charge >= 0.3 is 12.2 Å². The van der Waals surface area contributed by atoms with Crippen LogP contribution in [-0.2, 0) is 45.1 Å². The molecule has 0 saturated heterocycles. The largest absolute Gasteiger partial charge is 0.445 e. The molecule has 0 bridgehead atoms. The number of benzene rings is 4. The molecule has 4 amide bonds. The van der Waals surface area contributed by atoms with Crippen LogP contribution in [0.3, 0.4) is 0 Å². The number of nitriles is 2. The fourth-order valence-electron chi connectivity index (χ4n) is 7.30. The third-order valence-corrected chi connectivity index (χ3v) is 11.9. The van der Waals surface area contributed by atoms with E-state index in [1.165, 1.54) is 39.5 Å². The number of carbonyl (C=O) groups is 4. The number of unbranched alkanes of at least 4 members (excludes halogenated alkanes) is 6. The van der Waals surface area contributed by atoms with E-state index in [-0.39, 0.29) is 37.2 Å². The SMILES string of the molecule is C=CC#N.Cc1ccc(CCC(=O)NCCCN(CCCCCCCC#N)C(=O)OCc2ccccc2)cc1C.Cc1ccc(CCC(=O)NCCCN(CCCCN)C(=O)OCc2ccccc2)cc1C. The Hall–Kier alpha value is -6.96. The average molecular weight is 984 g/mol. The van der Waals surface area contributed by atoms with E-state index in [2.05, 4.69) is 87.4 Å². The van der Waals surface area contributed by atoms with Gasteiger partial charge in [0.2, 0.25) is 11.8 Å². The number of nitrogens with zero attached hydrogens (tertiary/aromatic N) is 4. The first-order valence-corrected chi connectivity index (χ1v) is 25.5. The maximum atomic E-state index is 12.7. The summed E-state index contributed by atoms with van der Waals surface area (Å²) in [6.45, 7) is 15.9. The highest BCUT2D eigenvalue weighted by Gasteiger charge is 2.17. The molecule has 4 rings (SSSR count). The van der Waals surface area contributed by atoms with E-state index in [0.717, 1.165) is 68.9 Å². The molecule has 388 valence electrons. The van der Waals surface area contributed by atoms with E-state index in [0.29, 0.717) is 77.9 Å². The van der Waals surface area contributed by atoms with Crippen LogP contribution in [-0.4, -0.2) is 79.6 Å². The van der Waals surface area contributed by atoms with Crippen LogP contribution in [0, 0.1) is 50.4 Å². The summed E-state index contributed by atoms with van der Waals surface area (Å²) in [7, 11) is 0. The lowest BCUT2D eigenvalue weighted by atomic mass is 10.0. The van der Waals surface area contributed by atoms with E-state index in [1.807, 2.05) is 60.7 Å². The lowest BCUT2D eigenvalue weighted by Gasteiger charge is -2.22. The predicted octanol–water partition coefficient (Wildman–Crippen LogP) is 11.1. The van der Waals surface area contributed by atoms with Crippen LogP contribution in [0.1, 0.15) is 122 Å². The van der Waals surface area contributed by atoms with Crippen LogP contribution in [0.2, 0.25) is 0 Å². The number of ether oxygens (including phenoxy) is 2. The Morgan fingerprint density at radius 1 is 0.556 bits per heavy atom. The normalized spacial score (nSPS) is 10.2. The molecule has 72 heavy (non-hydrogen) atoms. The number of aryl methyl sites for hydroxylation is 6. The molecule has 0 aliphatic heterocycles. The molecule has 4 N–H and O–H groups in total. The summed E-state index contributed by atoms with van der Waals surface area (Å²) in [5, 5.41) is 22.1. The molecular weight excluding hydrogens is 903 g/mol. The third kappa shape index (κ3) is 28.6. The fraction of sp³-hybridized carbons (Fsp3) is 0.458. The number of hydrogen-bond acceptors (Lipinski definition) is 9. The van der Waals surface area contributed by atoms with Crippen molar-refractivity contribution >= 4 is 24.0 Å². The molecule has 0 radical (unpaired) electrons. The molecule has 0 fully saturated rings. The number of nitrogens with one attached hydrogen (secondary N) is 2. The maximum Gasteiger partial charge on any atom is 0.410 e. The molecule has 13 nitrogen and oxygen atoms in total.